The van der Waals surface area contributed by atoms with Gasteiger partial charge in [0.2, 0.25) is 12.1 Å². The third kappa shape index (κ3) is 9.56. The zero-order valence-electron chi connectivity index (χ0n) is 24.8. The molecule has 0 aliphatic rings. The predicted octanol–water partition coefficient (Wildman–Crippen LogP) is 5.48. The Morgan fingerprint density at radius 1 is 1.11 bits per heavy atom. The topological polar surface area (TPSA) is 167 Å². The van der Waals surface area contributed by atoms with Crippen molar-refractivity contribution in [2.75, 3.05) is 24.7 Å². The molecular formula is C29H34ClN7O7S. The van der Waals surface area contributed by atoms with Gasteiger partial charge in [-0.2, -0.15) is 11.8 Å². The van der Waals surface area contributed by atoms with E-state index >= 15 is 0 Å². The van der Waals surface area contributed by atoms with Crippen LogP contribution < -0.4 is 0 Å². The monoisotopic (exact) mass is 659 g/mol. The molecule has 0 fully saturated rings. The highest BCUT2D eigenvalue weighted by Gasteiger charge is 2.19. The lowest BCUT2D eigenvalue weighted by atomic mass is 9.98. The second kappa shape index (κ2) is 17.0. The lowest BCUT2D eigenvalue weighted by molar-refractivity contribution is -0.490. The van der Waals surface area contributed by atoms with Crippen molar-refractivity contribution >= 4 is 35.8 Å². The van der Waals surface area contributed by atoms with Gasteiger partial charge in [0.25, 0.3) is 0 Å². The van der Waals surface area contributed by atoms with Gasteiger partial charge in [0, 0.05) is 30.0 Å². The molecule has 45 heavy (non-hydrogen) atoms. The number of aromatic nitrogens is 6. The first-order valence-corrected chi connectivity index (χ1v) is 15.7. The number of benzene rings is 2. The molecule has 2 aromatic carbocycles. The summed E-state index contributed by atoms with van der Waals surface area (Å²) in [5.41, 5.74) is 3.91. The average molecular weight is 660 g/mol. The zero-order chi connectivity index (χ0) is 32.2. The van der Waals surface area contributed by atoms with E-state index in [1.165, 1.54) is 16.6 Å². The van der Waals surface area contributed by atoms with Crippen molar-refractivity contribution < 1.29 is 34.3 Å². The number of rotatable bonds is 17. The highest BCUT2D eigenvalue weighted by Crippen LogP contribution is 2.30. The van der Waals surface area contributed by atoms with Crippen molar-refractivity contribution in [1.82, 2.24) is 35.1 Å². The summed E-state index contributed by atoms with van der Waals surface area (Å²) in [5.74, 6) is 2.07. The molecule has 2 aromatic heterocycles. The minimum atomic E-state index is -0.883. The molecule has 4 aromatic rings. The number of imidazole rings is 1. The molecule has 14 nitrogen and oxygen atoms in total. The van der Waals surface area contributed by atoms with Gasteiger partial charge in [-0.25, -0.2) is 14.6 Å². The Kier molecular flexibility index (Phi) is 12.9. The molecule has 0 aliphatic heterocycles. The summed E-state index contributed by atoms with van der Waals surface area (Å²) in [5, 5.41) is 29.5. The Labute approximate surface area is 268 Å². The maximum atomic E-state index is 12.1. The van der Waals surface area contributed by atoms with Gasteiger partial charge in [-0.3, -0.25) is 15.2 Å². The van der Waals surface area contributed by atoms with Gasteiger partial charge in [0.05, 0.1) is 12.0 Å². The molecule has 0 radical (unpaired) electrons. The molecule has 0 saturated heterocycles. The van der Waals surface area contributed by atoms with Gasteiger partial charge in [0.15, 0.2) is 11.4 Å². The Morgan fingerprint density at radius 2 is 1.84 bits per heavy atom. The molecule has 1 atom stereocenters. The van der Waals surface area contributed by atoms with Gasteiger partial charge in [0.1, 0.15) is 18.1 Å². The molecule has 1 unspecified atom stereocenters. The van der Waals surface area contributed by atoms with Gasteiger partial charge in [-0.05, 0) is 35.2 Å². The van der Waals surface area contributed by atoms with Crippen LogP contribution in [0.3, 0.4) is 0 Å². The molecule has 240 valence electrons. The second-order valence-corrected chi connectivity index (χ2v) is 11.3. The highest BCUT2D eigenvalue weighted by molar-refractivity contribution is 7.99. The summed E-state index contributed by atoms with van der Waals surface area (Å²) in [7, 11) is 0. The lowest BCUT2D eigenvalue weighted by Gasteiger charge is -2.12. The fourth-order valence-corrected chi connectivity index (χ4v) is 5.21. The van der Waals surface area contributed by atoms with Crippen molar-refractivity contribution in [3.8, 4) is 22.5 Å². The van der Waals surface area contributed by atoms with Crippen molar-refractivity contribution in [2.45, 2.75) is 45.9 Å². The lowest BCUT2D eigenvalue weighted by Crippen LogP contribution is -2.19. The van der Waals surface area contributed by atoms with Crippen LogP contribution in [0.25, 0.3) is 22.5 Å². The summed E-state index contributed by atoms with van der Waals surface area (Å²) in [4.78, 5) is 33.8. The molecule has 2 N–H and O–H groups in total. The van der Waals surface area contributed by atoms with Crippen LogP contribution in [0, 0.1) is 0 Å². The number of unbranched alkanes of at least 4 members (excludes halogenated alkanes) is 1. The summed E-state index contributed by atoms with van der Waals surface area (Å²) >= 11 is 7.63. The van der Waals surface area contributed by atoms with Crippen LogP contribution in [0.5, 0.6) is 0 Å². The number of aldehydes is 1. The molecule has 0 bridgehead atoms. The minimum Gasteiger partial charge on any atom is -0.433 e. The quantitative estimate of drug-likeness (QED) is 0.0634. The fourth-order valence-electron chi connectivity index (χ4n) is 4.37. The molecular weight excluding hydrogens is 626 g/mol. The van der Waals surface area contributed by atoms with Crippen LogP contribution in [0.15, 0.2) is 48.5 Å². The maximum absolute atomic E-state index is 12.1. The van der Waals surface area contributed by atoms with Crippen LogP contribution in [-0.2, 0) is 27.3 Å². The summed E-state index contributed by atoms with van der Waals surface area (Å²) < 4.78 is 12.2. The van der Waals surface area contributed by atoms with Gasteiger partial charge >= 0.3 is 6.16 Å². The van der Waals surface area contributed by atoms with Crippen LogP contribution in [0.4, 0.5) is 4.79 Å². The van der Waals surface area contributed by atoms with Crippen molar-refractivity contribution in [3.63, 3.8) is 0 Å². The van der Waals surface area contributed by atoms with Gasteiger partial charge in [-0.1, -0.05) is 73.5 Å². The van der Waals surface area contributed by atoms with Gasteiger partial charge < -0.3 is 14.0 Å². The predicted molar refractivity (Wildman–Crippen MR) is 165 cm³/mol. The largest absolute Gasteiger partial charge is 0.510 e. The number of hydrogen-bond donors (Lipinski definition) is 2. The number of hydrogen-bond acceptors (Lipinski definition) is 13. The maximum Gasteiger partial charge on any atom is 0.510 e. The number of carbonyl (C=O) groups excluding carboxylic acids is 2. The van der Waals surface area contributed by atoms with E-state index in [0.29, 0.717) is 29.6 Å². The van der Waals surface area contributed by atoms with Crippen molar-refractivity contribution in [3.05, 3.63) is 70.8 Å². The van der Waals surface area contributed by atoms with Crippen molar-refractivity contribution in [1.29, 1.82) is 0 Å². The van der Waals surface area contributed by atoms with E-state index in [1.54, 1.807) is 6.92 Å². The molecule has 0 amide bonds. The zero-order valence-corrected chi connectivity index (χ0v) is 26.4. The number of halogens is 1. The highest BCUT2D eigenvalue weighted by atomic mass is 35.5. The molecule has 2 heterocycles. The van der Waals surface area contributed by atoms with Crippen LogP contribution in [0.1, 0.15) is 54.8 Å². The van der Waals surface area contributed by atoms with E-state index in [0.717, 1.165) is 53.6 Å². The first-order valence-electron chi connectivity index (χ1n) is 14.2. The number of carbonyl (C=O) groups is 2. The molecule has 16 heteroatoms. The smallest absolute Gasteiger partial charge is 0.433 e. The first kappa shape index (κ1) is 34.0. The SMILES string of the molecule is CCCCc1nc(Cl)c(C=O)n1Cc1ccc(-c2ccccc2-c2nnn(C(C)OC(=O)OCCSCCON(O)O)n2)cc1. The second-order valence-electron chi connectivity index (χ2n) is 9.70. The Hall–Kier alpha value is -3.86. The minimum absolute atomic E-state index is 0.0824. The fraction of sp³-hybridized carbons (Fsp3) is 0.379. The third-order valence-electron chi connectivity index (χ3n) is 6.58. The standard InChI is InChI=1S/C29H34ClN7O7S/c1-3-4-9-26-31-27(30)25(19-38)35(26)18-21-10-12-22(13-11-21)23-7-5-6-8-24(23)28-32-34-36(33-28)20(2)44-29(39)42-14-16-45-17-15-43-37(40)41/h5-8,10-13,19-20,40-41H,3-4,9,14-18H2,1-2H3. The van der Waals surface area contributed by atoms with Crippen LogP contribution in [-0.4, -0.2) is 82.7 Å². The van der Waals surface area contributed by atoms with E-state index in [1.807, 2.05) is 53.1 Å². The Balaban J connectivity index is 1.38. The van der Waals surface area contributed by atoms with Crippen LogP contribution >= 0.6 is 23.4 Å². The molecule has 0 aliphatic carbocycles. The van der Waals surface area contributed by atoms with E-state index < -0.39 is 12.4 Å². The molecule has 4 rings (SSSR count). The number of tetrazole rings is 1. The summed E-state index contributed by atoms with van der Waals surface area (Å²) in [6.45, 7) is 4.33. The Morgan fingerprint density at radius 3 is 2.56 bits per heavy atom. The molecule has 0 spiro atoms. The number of thioether (sulfide) groups is 1. The third-order valence-corrected chi connectivity index (χ3v) is 7.77. The Bertz CT molecular complexity index is 1550. The number of nitrogens with zero attached hydrogens (tertiary/aromatic N) is 7. The molecule has 0 saturated carbocycles. The summed E-state index contributed by atoms with van der Waals surface area (Å²) in [6, 6.07) is 15.6. The van der Waals surface area contributed by atoms with E-state index in [4.69, 9.17) is 31.5 Å². The normalized spacial score (nSPS) is 12.0. The van der Waals surface area contributed by atoms with E-state index in [-0.39, 0.29) is 23.8 Å². The average Bonchev–Trinajstić information content (AvgIpc) is 3.64. The van der Waals surface area contributed by atoms with Gasteiger partial charge in [-0.15, -0.1) is 15.0 Å². The number of aryl methyl sites for hydroxylation is 1. The van der Waals surface area contributed by atoms with E-state index in [2.05, 4.69) is 32.2 Å². The van der Waals surface area contributed by atoms with E-state index in [9.17, 15) is 9.59 Å². The summed E-state index contributed by atoms with van der Waals surface area (Å²) in [6.07, 6.45) is 1.68. The number of ether oxygens (including phenoxy) is 2. The van der Waals surface area contributed by atoms with Crippen molar-refractivity contribution in [2.24, 2.45) is 0 Å². The first-order chi connectivity index (χ1) is 21.8. The van der Waals surface area contributed by atoms with Crippen LogP contribution in [0.2, 0.25) is 5.15 Å².